The minimum absolute atomic E-state index is 0.0146. The second kappa shape index (κ2) is 12.5. The molecule has 2 amide bonds. The molecule has 0 radical (unpaired) electrons. The topological polar surface area (TPSA) is 128 Å². The molecule has 1 fully saturated rings. The Morgan fingerprint density at radius 3 is 2.44 bits per heavy atom. The van der Waals surface area contributed by atoms with Crippen molar-refractivity contribution in [1.82, 2.24) is 15.2 Å². The van der Waals surface area contributed by atoms with Crippen LogP contribution in [-0.4, -0.2) is 54.2 Å². The molecule has 0 spiro atoms. The molecule has 0 saturated carbocycles. The zero-order valence-corrected chi connectivity index (χ0v) is 22.8. The molecule has 5 rings (SSSR count). The van der Waals surface area contributed by atoms with Gasteiger partial charge in [0.25, 0.3) is 5.69 Å². The highest BCUT2D eigenvalue weighted by atomic mass is 16.6. The molecule has 1 saturated heterocycles. The third kappa shape index (κ3) is 6.64. The number of rotatable bonds is 9. The van der Waals surface area contributed by atoms with E-state index in [0.29, 0.717) is 28.2 Å². The summed E-state index contributed by atoms with van der Waals surface area (Å²) in [5, 5.41) is 18.1. The van der Waals surface area contributed by atoms with Crippen molar-refractivity contribution in [3.05, 3.63) is 88.6 Å². The van der Waals surface area contributed by atoms with Gasteiger partial charge in [0.05, 0.1) is 30.7 Å². The first-order valence-corrected chi connectivity index (χ1v) is 13.2. The van der Waals surface area contributed by atoms with Gasteiger partial charge in [-0.05, 0) is 42.7 Å². The number of anilines is 1. The number of nitrogens with one attached hydrogen (secondary N) is 2. The van der Waals surface area contributed by atoms with Crippen molar-refractivity contribution in [1.29, 1.82) is 0 Å². The summed E-state index contributed by atoms with van der Waals surface area (Å²) in [6.45, 7) is 2.58. The van der Waals surface area contributed by atoms with E-state index in [1.165, 1.54) is 31.9 Å². The Bertz CT molecular complexity index is 1540. The lowest BCUT2D eigenvalue weighted by Crippen LogP contribution is -2.45. The second-order valence-corrected chi connectivity index (χ2v) is 9.71. The number of ether oxygens (including phenoxy) is 3. The van der Waals surface area contributed by atoms with Crippen molar-refractivity contribution >= 4 is 28.3 Å². The fourth-order valence-electron chi connectivity index (χ4n) is 4.92. The molecule has 212 valence electrons. The number of urea groups is 1. The van der Waals surface area contributed by atoms with Crippen LogP contribution in [0.3, 0.4) is 0 Å². The quantitative estimate of drug-likeness (QED) is 0.197. The van der Waals surface area contributed by atoms with Crippen molar-refractivity contribution in [3.63, 3.8) is 0 Å². The van der Waals surface area contributed by atoms with Crippen molar-refractivity contribution < 1.29 is 23.9 Å². The van der Waals surface area contributed by atoms with Crippen LogP contribution in [0.5, 0.6) is 23.0 Å². The number of pyridine rings is 1. The van der Waals surface area contributed by atoms with Crippen LogP contribution in [0.25, 0.3) is 10.9 Å². The van der Waals surface area contributed by atoms with Gasteiger partial charge in [-0.3, -0.25) is 20.0 Å². The number of likely N-dealkylation sites (tertiary alicyclic amines) is 1. The van der Waals surface area contributed by atoms with Crippen LogP contribution in [-0.2, 0) is 6.54 Å². The number of piperidine rings is 1. The van der Waals surface area contributed by atoms with Crippen molar-refractivity contribution in [3.8, 4) is 23.0 Å². The molecule has 0 atom stereocenters. The van der Waals surface area contributed by atoms with Gasteiger partial charge in [-0.25, -0.2) is 4.79 Å². The minimum atomic E-state index is -0.552. The average Bonchev–Trinajstić information content (AvgIpc) is 2.98. The van der Waals surface area contributed by atoms with Gasteiger partial charge >= 0.3 is 6.03 Å². The summed E-state index contributed by atoms with van der Waals surface area (Å²) >= 11 is 0. The number of aromatic nitrogens is 1. The molecule has 3 aromatic carbocycles. The first-order chi connectivity index (χ1) is 19.9. The third-order valence-electron chi connectivity index (χ3n) is 7.02. The molecule has 1 aromatic heterocycles. The smallest absolute Gasteiger partial charge is 0.319 e. The van der Waals surface area contributed by atoms with Crippen LogP contribution in [0.2, 0.25) is 0 Å². The van der Waals surface area contributed by atoms with E-state index in [0.717, 1.165) is 32.5 Å². The highest BCUT2D eigenvalue weighted by molar-refractivity contribution is 5.92. The Morgan fingerprint density at radius 1 is 1.00 bits per heavy atom. The lowest BCUT2D eigenvalue weighted by molar-refractivity contribution is -0.384. The number of hydrogen-bond acceptors (Lipinski definition) is 8. The van der Waals surface area contributed by atoms with Gasteiger partial charge < -0.3 is 24.8 Å². The predicted molar refractivity (Wildman–Crippen MR) is 155 cm³/mol. The lowest BCUT2D eigenvalue weighted by atomic mass is 10.0. The molecular formula is C30H31N5O6. The van der Waals surface area contributed by atoms with E-state index in [4.69, 9.17) is 14.2 Å². The highest BCUT2D eigenvalue weighted by Crippen LogP contribution is 2.38. The van der Waals surface area contributed by atoms with Crippen LogP contribution in [0.4, 0.5) is 16.2 Å². The fraction of sp³-hybridized carbons (Fsp3) is 0.267. The van der Waals surface area contributed by atoms with E-state index in [1.54, 1.807) is 30.5 Å². The van der Waals surface area contributed by atoms with Gasteiger partial charge in [0.15, 0.2) is 11.5 Å². The van der Waals surface area contributed by atoms with Crippen LogP contribution < -0.4 is 24.8 Å². The van der Waals surface area contributed by atoms with E-state index in [9.17, 15) is 14.9 Å². The predicted octanol–water partition coefficient (Wildman–Crippen LogP) is 5.74. The number of carbonyl (C=O) groups excluding carboxylic acids is 1. The molecular weight excluding hydrogens is 526 g/mol. The fourth-order valence-corrected chi connectivity index (χ4v) is 4.92. The van der Waals surface area contributed by atoms with Crippen LogP contribution in [0.1, 0.15) is 18.4 Å². The molecule has 11 heteroatoms. The maximum Gasteiger partial charge on any atom is 0.319 e. The van der Waals surface area contributed by atoms with Gasteiger partial charge in [0.1, 0.15) is 17.2 Å². The molecule has 1 aliphatic heterocycles. The molecule has 0 unspecified atom stereocenters. The number of benzene rings is 3. The maximum atomic E-state index is 12.7. The minimum Gasteiger partial charge on any atom is -0.493 e. The van der Waals surface area contributed by atoms with Crippen LogP contribution in [0, 0.1) is 10.1 Å². The van der Waals surface area contributed by atoms with Crippen molar-refractivity contribution in [2.75, 3.05) is 32.6 Å². The molecule has 11 nitrogen and oxygen atoms in total. The SMILES string of the molecule is COc1cc2nccc(Oc3ccc(NC(=O)NC4CCN(Cc5ccccc5)CC4)c([N+](=O)[O-])c3)c2cc1OC. The average molecular weight is 558 g/mol. The van der Waals surface area contributed by atoms with Gasteiger partial charge in [-0.2, -0.15) is 0 Å². The number of carbonyl (C=O) groups is 1. The van der Waals surface area contributed by atoms with Crippen LogP contribution >= 0.6 is 0 Å². The largest absolute Gasteiger partial charge is 0.493 e. The molecule has 2 heterocycles. The van der Waals surface area contributed by atoms with E-state index in [2.05, 4.69) is 32.7 Å². The van der Waals surface area contributed by atoms with E-state index >= 15 is 0 Å². The summed E-state index contributed by atoms with van der Waals surface area (Å²) in [7, 11) is 3.07. The number of hydrogen-bond donors (Lipinski definition) is 2. The third-order valence-corrected chi connectivity index (χ3v) is 7.02. The van der Waals surface area contributed by atoms with Crippen molar-refractivity contribution in [2.45, 2.75) is 25.4 Å². The molecule has 4 aromatic rings. The lowest BCUT2D eigenvalue weighted by Gasteiger charge is -2.32. The van der Waals surface area contributed by atoms with Gasteiger partial charge in [-0.1, -0.05) is 30.3 Å². The van der Waals surface area contributed by atoms with Gasteiger partial charge in [0.2, 0.25) is 0 Å². The highest BCUT2D eigenvalue weighted by Gasteiger charge is 2.23. The Morgan fingerprint density at radius 2 is 1.73 bits per heavy atom. The standard InChI is InChI=1S/C30H31N5O6/c1-39-28-17-23-25(18-29(28)40-2)31-13-10-27(23)41-22-8-9-24(26(16-22)35(37)38)33-30(36)32-21-11-14-34(15-12-21)19-20-6-4-3-5-7-20/h3-10,13,16-18,21H,11-12,14-15,19H2,1-2H3,(H2,32,33,36). The number of fused-ring (bicyclic) bond motifs is 1. The van der Waals surface area contributed by atoms with Crippen LogP contribution in [0.15, 0.2) is 72.9 Å². The zero-order chi connectivity index (χ0) is 28.8. The van der Waals surface area contributed by atoms with E-state index in [1.807, 2.05) is 18.2 Å². The number of nitro benzene ring substituents is 1. The molecule has 0 bridgehead atoms. The Hall–Kier alpha value is -4.90. The first-order valence-electron chi connectivity index (χ1n) is 13.2. The monoisotopic (exact) mass is 557 g/mol. The first kappa shape index (κ1) is 27.7. The number of methoxy groups -OCH3 is 2. The summed E-state index contributed by atoms with van der Waals surface area (Å²) in [4.78, 5) is 30.8. The van der Waals surface area contributed by atoms with Gasteiger partial charge in [0, 0.05) is 43.3 Å². The Labute approximate surface area is 237 Å². The molecule has 1 aliphatic rings. The normalized spacial score (nSPS) is 13.9. The summed E-state index contributed by atoms with van der Waals surface area (Å²) in [5.74, 6) is 1.68. The van der Waals surface area contributed by atoms with Gasteiger partial charge in [-0.15, -0.1) is 0 Å². The summed E-state index contributed by atoms with van der Waals surface area (Å²) in [6.07, 6.45) is 3.17. The number of nitro groups is 1. The van der Waals surface area contributed by atoms with Crippen molar-refractivity contribution in [2.24, 2.45) is 0 Å². The van der Waals surface area contributed by atoms with E-state index in [-0.39, 0.29) is 23.2 Å². The summed E-state index contributed by atoms with van der Waals surface area (Å²) < 4.78 is 16.7. The Balaban J connectivity index is 1.23. The number of nitrogens with zero attached hydrogens (tertiary/aromatic N) is 3. The zero-order valence-electron chi connectivity index (χ0n) is 22.8. The Kier molecular flexibility index (Phi) is 8.44. The molecule has 0 aliphatic carbocycles. The molecule has 2 N–H and O–H groups in total. The number of amides is 2. The maximum absolute atomic E-state index is 12.7. The second-order valence-electron chi connectivity index (χ2n) is 9.71. The molecule has 41 heavy (non-hydrogen) atoms. The summed E-state index contributed by atoms with van der Waals surface area (Å²) in [6, 6.07) is 19.2. The summed E-state index contributed by atoms with van der Waals surface area (Å²) in [5.41, 5.74) is 1.66. The van der Waals surface area contributed by atoms with E-state index < -0.39 is 11.0 Å².